The van der Waals surface area contributed by atoms with Crippen LogP contribution in [0.15, 0.2) is 11.1 Å². The van der Waals surface area contributed by atoms with Gasteiger partial charge < -0.3 is 4.90 Å². The number of allylic oxidation sites excluding steroid dienone is 1. The average molecular weight is 114 g/mol. The molecule has 0 atom stereocenters. The molecule has 0 bridgehead atoms. The Hall–Kier alpha value is -0.110. The van der Waals surface area contributed by atoms with Crippen molar-refractivity contribution < 1.29 is 0 Å². The molecule has 0 saturated carbocycles. The summed E-state index contributed by atoms with van der Waals surface area (Å²) in [5.41, 5.74) is 0. The van der Waals surface area contributed by atoms with E-state index in [0.29, 0.717) is 0 Å². The Balaban J connectivity index is 2.50. The van der Waals surface area contributed by atoms with Gasteiger partial charge in [-0.25, -0.2) is 0 Å². The minimum Gasteiger partial charge on any atom is -0.365 e. The molecule has 0 aliphatic carbocycles. The zero-order valence-corrected chi connectivity index (χ0v) is 5.33. The van der Waals surface area contributed by atoms with Gasteiger partial charge in [0.1, 0.15) is 5.88 Å². The van der Waals surface area contributed by atoms with E-state index in [-0.39, 0.29) is 0 Å². The molecule has 0 unspecified atom stereocenters. The lowest BCUT2D eigenvalue weighted by atomic mass is 10.7. The van der Waals surface area contributed by atoms with E-state index < -0.39 is 0 Å². The molecule has 0 aromatic heterocycles. The van der Waals surface area contributed by atoms with Crippen LogP contribution < -0.4 is 0 Å². The molecule has 0 amide bonds. The molecule has 7 heavy (non-hydrogen) atoms. The van der Waals surface area contributed by atoms with Gasteiger partial charge in [-0.1, -0.05) is 0 Å². The summed E-state index contributed by atoms with van der Waals surface area (Å²) in [6, 6.07) is 0. The van der Waals surface area contributed by atoms with Crippen molar-refractivity contribution in [3.8, 4) is 0 Å². The normalized spacial score (nSPS) is 20.3. The summed E-state index contributed by atoms with van der Waals surface area (Å²) in [5.74, 6) is 2.08. The van der Waals surface area contributed by atoms with Crippen LogP contribution in [0, 0.1) is 5.88 Å². The zero-order valence-electron chi connectivity index (χ0n) is 4.51. The van der Waals surface area contributed by atoms with E-state index >= 15 is 0 Å². The summed E-state index contributed by atoms with van der Waals surface area (Å²) >= 11 is 1.77. The van der Waals surface area contributed by atoms with E-state index in [1.54, 1.807) is 11.8 Å². The zero-order chi connectivity index (χ0) is 5.28. The van der Waals surface area contributed by atoms with Crippen molar-refractivity contribution in [3.05, 3.63) is 17.0 Å². The Bertz CT molecular complexity index is 98.3. The number of rotatable bonds is 0. The monoisotopic (exact) mass is 114 g/mol. The lowest BCUT2D eigenvalue weighted by Gasteiger charge is -2.00. The molecule has 0 spiro atoms. The van der Waals surface area contributed by atoms with Crippen molar-refractivity contribution in [2.45, 2.75) is 6.92 Å². The quantitative estimate of drug-likeness (QED) is 0.471. The fourth-order valence-electron chi connectivity index (χ4n) is 0.514. The second kappa shape index (κ2) is 1.78. The van der Waals surface area contributed by atoms with Gasteiger partial charge in [0.25, 0.3) is 0 Å². The van der Waals surface area contributed by atoms with Gasteiger partial charge in [0.2, 0.25) is 0 Å². The topological polar surface area (TPSA) is 3.24 Å². The molecule has 0 aromatic rings. The first kappa shape index (κ1) is 5.04. The minimum absolute atomic E-state index is 1.36. The Morgan fingerprint density at radius 3 is 2.57 bits per heavy atom. The van der Waals surface area contributed by atoms with Gasteiger partial charge in [0, 0.05) is 13.2 Å². The third-order valence-corrected chi connectivity index (χ3v) is 1.71. The second-order valence-corrected chi connectivity index (χ2v) is 2.72. The van der Waals surface area contributed by atoms with Crippen molar-refractivity contribution >= 4 is 11.8 Å². The highest BCUT2D eigenvalue weighted by Crippen LogP contribution is 2.26. The standard InChI is InChI=1S/C5H8NS/c1-5-3-6(2)4-7-5/h3-4H,1-2H3. The van der Waals surface area contributed by atoms with Crippen LogP contribution in [0.1, 0.15) is 6.92 Å². The summed E-state index contributed by atoms with van der Waals surface area (Å²) in [6.07, 6.45) is 2.10. The Morgan fingerprint density at radius 2 is 2.43 bits per heavy atom. The molecule has 1 nitrogen and oxygen atoms in total. The first-order valence-electron chi connectivity index (χ1n) is 2.19. The second-order valence-electron chi connectivity index (χ2n) is 1.63. The van der Waals surface area contributed by atoms with Crippen LogP contribution in [0.3, 0.4) is 0 Å². The van der Waals surface area contributed by atoms with E-state index in [9.17, 15) is 0 Å². The molecule has 2 heteroatoms. The van der Waals surface area contributed by atoms with Gasteiger partial charge in [-0.05, 0) is 11.8 Å². The highest BCUT2D eigenvalue weighted by molar-refractivity contribution is 8.05. The summed E-state index contributed by atoms with van der Waals surface area (Å²) in [5, 5.41) is 0. The van der Waals surface area contributed by atoms with Crippen molar-refractivity contribution in [3.63, 3.8) is 0 Å². The van der Waals surface area contributed by atoms with Crippen LogP contribution in [0.4, 0.5) is 0 Å². The fraction of sp³-hybridized carbons (Fsp3) is 0.400. The fourth-order valence-corrected chi connectivity index (χ4v) is 1.13. The number of thioether (sulfide) groups is 1. The minimum atomic E-state index is 1.36. The smallest absolute Gasteiger partial charge is 0.109 e. The maximum absolute atomic E-state index is 2.10. The maximum Gasteiger partial charge on any atom is 0.109 e. The predicted molar refractivity (Wildman–Crippen MR) is 33.4 cm³/mol. The summed E-state index contributed by atoms with van der Waals surface area (Å²) in [6.45, 7) is 2.10. The van der Waals surface area contributed by atoms with Crippen LogP contribution >= 0.6 is 11.8 Å². The lowest BCUT2D eigenvalue weighted by Crippen LogP contribution is -1.97. The van der Waals surface area contributed by atoms with E-state index in [1.807, 2.05) is 7.05 Å². The van der Waals surface area contributed by atoms with Crippen LogP contribution in [0.2, 0.25) is 0 Å². The van der Waals surface area contributed by atoms with Crippen molar-refractivity contribution in [1.29, 1.82) is 0 Å². The molecule has 1 rings (SSSR count). The first-order chi connectivity index (χ1) is 3.29. The molecule has 1 heterocycles. The van der Waals surface area contributed by atoms with Crippen molar-refractivity contribution in [1.82, 2.24) is 4.90 Å². The molecule has 1 aliphatic heterocycles. The predicted octanol–water partition coefficient (Wildman–Crippen LogP) is 1.65. The lowest BCUT2D eigenvalue weighted by molar-refractivity contribution is 0.610. The van der Waals surface area contributed by atoms with Gasteiger partial charge in [-0.3, -0.25) is 0 Å². The van der Waals surface area contributed by atoms with Gasteiger partial charge in [0.05, 0.1) is 0 Å². The Labute approximate surface area is 48.4 Å². The molecule has 39 valence electrons. The molecule has 0 saturated heterocycles. The molecule has 1 radical (unpaired) electrons. The van der Waals surface area contributed by atoms with Gasteiger partial charge >= 0.3 is 0 Å². The largest absolute Gasteiger partial charge is 0.365 e. The van der Waals surface area contributed by atoms with Crippen molar-refractivity contribution in [2.75, 3.05) is 7.05 Å². The average Bonchev–Trinajstić information content (AvgIpc) is 1.87. The highest BCUT2D eigenvalue weighted by Gasteiger charge is 2.02. The first-order valence-corrected chi connectivity index (χ1v) is 3.07. The molecule has 1 aliphatic rings. The Morgan fingerprint density at radius 1 is 1.71 bits per heavy atom. The number of hydrogen-bond donors (Lipinski definition) is 0. The van der Waals surface area contributed by atoms with Crippen molar-refractivity contribution in [2.24, 2.45) is 0 Å². The molecular weight excluding hydrogens is 106 g/mol. The molecule has 0 aromatic carbocycles. The van der Waals surface area contributed by atoms with Gasteiger partial charge in [-0.2, -0.15) is 0 Å². The third kappa shape index (κ3) is 1.13. The summed E-state index contributed by atoms with van der Waals surface area (Å²) in [4.78, 5) is 3.42. The molecular formula is C5H8NS. The van der Waals surface area contributed by atoms with Crippen LogP contribution in [-0.2, 0) is 0 Å². The molecule has 0 N–H and O–H groups in total. The molecule has 0 fully saturated rings. The van der Waals surface area contributed by atoms with Crippen LogP contribution in [0.5, 0.6) is 0 Å². The number of hydrogen-bond acceptors (Lipinski definition) is 2. The van der Waals surface area contributed by atoms with Crippen LogP contribution in [-0.4, -0.2) is 11.9 Å². The van der Waals surface area contributed by atoms with E-state index in [2.05, 4.69) is 23.9 Å². The summed E-state index contributed by atoms with van der Waals surface area (Å²) < 4.78 is 0. The van der Waals surface area contributed by atoms with Gasteiger partial charge in [-0.15, -0.1) is 11.8 Å². The summed E-state index contributed by atoms with van der Waals surface area (Å²) in [7, 11) is 2.03. The van der Waals surface area contributed by atoms with Crippen LogP contribution in [0.25, 0.3) is 0 Å². The maximum atomic E-state index is 2.10. The highest BCUT2D eigenvalue weighted by atomic mass is 32.2. The van der Waals surface area contributed by atoms with E-state index in [4.69, 9.17) is 0 Å². The van der Waals surface area contributed by atoms with E-state index in [0.717, 1.165) is 0 Å². The SMILES string of the molecule is CC1=CN(C)[CH]S1. The van der Waals surface area contributed by atoms with E-state index in [1.165, 1.54) is 4.91 Å². The number of nitrogens with zero attached hydrogens (tertiary/aromatic N) is 1. The third-order valence-electron chi connectivity index (χ3n) is 0.790. The Kier molecular flexibility index (Phi) is 1.28. The van der Waals surface area contributed by atoms with Gasteiger partial charge in [0.15, 0.2) is 0 Å².